The minimum absolute atomic E-state index is 0.0952. The molecule has 1 aliphatic heterocycles. The number of benzene rings is 2. The maximum atomic E-state index is 14.7. The second kappa shape index (κ2) is 8.39. The molecule has 1 fully saturated rings. The molecule has 0 aliphatic carbocycles. The van der Waals surface area contributed by atoms with Gasteiger partial charge in [0.15, 0.2) is 17.3 Å². The zero-order valence-corrected chi connectivity index (χ0v) is 19.1. The maximum Gasteiger partial charge on any atom is 0.264 e. The van der Waals surface area contributed by atoms with Gasteiger partial charge in [0, 0.05) is 24.9 Å². The zero-order chi connectivity index (χ0) is 24.0. The van der Waals surface area contributed by atoms with Crippen LogP contribution in [-0.4, -0.2) is 44.7 Å². The minimum atomic E-state index is -0.568. The molecule has 172 valence electrons. The SMILES string of the molecule is [C-]#[N+]c1cc(-c2cn(C)cn2)c2nc([C@H]3CCCN3C)n(-c3ccc(OC)c(F)c3)c(=O)c2c1. The third-order valence-electron chi connectivity index (χ3n) is 6.31. The average molecular weight is 458 g/mol. The fraction of sp³-hybridized carbons (Fsp3) is 0.280. The first-order valence-electron chi connectivity index (χ1n) is 10.9. The molecule has 9 heteroatoms. The number of hydrogen-bond donors (Lipinski definition) is 0. The van der Waals surface area contributed by atoms with Gasteiger partial charge in [0.25, 0.3) is 5.56 Å². The number of halogens is 1. The molecule has 5 rings (SSSR count). The van der Waals surface area contributed by atoms with E-state index in [9.17, 15) is 9.18 Å². The highest BCUT2D eigenvalue weighted by Crippen LogP contribution is 2.35. The first-order chi connectivity index (χ1) is 16.4. The lowest BCUT2D eigenvalue weighted by Crippen LogP contribution is -2.30. The summed E-state index contributed by atoms with van der Waals surface area (Å²) in [6.45, 7) is 8.42. The van der Waals surface area contributed by atoms with Crippen LogP contribution < -0.4 is 10.3 Å². The monoisotopic (exact) mass is 458 g/mol. The third-order valence-corrected chi connectivity index (χ3v) is 6.31. The minimum Gasteiger partial charge on any atom is -0.494 e. The van der Waals surface area contributed by atoms with Crippen LogP contribution >= 0.6 is 0 Å². The summed E-state index contributed by atoms with van der Waals surface area (Å²) in [5, 5.41) is 0.287. The van der Waals surface area contributed by atoms with Crippen molar-refractivity contribution in [3.05, 3.63) is 76.3 Å². The summed E-state index contributed by atoms with van der Waals surface area (Å²) in [5.41, 5.74) is 2.05. The molecule has 0 unspecified atom stereocenters. The van der Waals surface area contributed by atoms with E-state index in [2.05, 4.69) is 14.7 Å². The van der Waals surface area contributed by atoms with Gasteiger partial charge in [-0.25, -0.2) is 19.2 Å². The Morgan fingerprint density at radius 1 is 1.24 bits per heavy atom. The van der Waals surface area contributed by atoms with Crippen molar-refractivity contribution >= 4 is 16.6 Å². The van der Waals surface area contributed by atoms with E-state index >= 15 is 0 Å². The Kier molecular flexibility index (Phi) is 5.38. The molecule has 3 heterocycles. The summed E-state index contributed by atoms with van der Waals surface area (Å²) in [5.74, 6) is 0.0643. The molecule has 8 nitrogen and oxygen atoms in total. The van der Waals surface area contributed by atoms with Crippen LogP contribution in [-0.2, 0) is 7.05 Å². The standard InChI is InChI=1S/C25H23FN6O2/c1-27-15-10-17(20-13-30(2)14-28-20)23-18(11-15)25(33)32(16-7-8-22(34-4)19(26)12-16)24(29-23)21-6-5-9-31(21)3/h7-8,10-14,21H,5-6,9H2,2-4H3/t21-/m1/s1. The Hall–Kier alpha value is -4.03. The summed E-state index contributed by atoms with van der Waals surface area (Å²) in [6, 6.07) is 7.57. The number of likely N-dealkylation sites (tertiary alicyclic amines) is 1. The van der Waals surface area contributed by atoms with Crippen molar-refractivity contribution in [2.75, 3.05) is 20.7 Å². The molecular formula is C25H23FN6O2. The van der Waals surface area contributed by atoms with E-state index in [-0.39, 0.29) is 22.7 Å². The number of imidazole rings is 1. The number of methoxy groups -OCH3 is 1. The zero-order valence-electron chi connectivity index (χ0n) is 19.1. The molecule has 1 aliphatic rings. The van der Waals surface area contributed by atoms with Crippen molar-refractivity contribution in [1.29, 1.82) is 0 Å². The van der Waals surface area contributed by atoms with Crippen molar-refractivity contribution in [2.24, 2.45) is 7.05 Å². The molecule has 1 atom stereocenters. The molecule has 0 N–H and O–H groups in total. The molecule has 0 bridgehead atoms. The van der Waals surface area contributed by atoms with E-state index < -0.39 is 5.82 Å². The Morgan fingerprint density at radius 3 is 2.68 bits per heavy atom. The first kappa shape index (κ1) is 21.8. The topological polar surface area (TPSA) is 69.5 Å². The Balaban J connectivity index is 1.87. The number of nitrogens with zero attached hydrogens (tertiary/aromatic N) is 6. The summed E-state index contributed by atoms with van der Waals surface area (Å²) >= 11 is 0. The molecule has 2 aromatic carbocycles. The van der Waals surface area contributed by atoms with Gasteiger partial charge in [-0.05, 0) is 50.7 Å². The second-order valence-corrected chi connectivity index (χ2v) is 8.49. The molecule has 34 heavy (non-hydrogen) atoms. The predicted octanol–water partition coefficient (Wildman–Crippen LogP) is 4.25. The Bertz CT molecular complexity index is 1520. The highest BCUT2D eigenvalue weighted by Gasteiger charge is 2.29. The summed E-state index contributed by atoms with van der Waals surface area (Å²) in [4.78, 5) is 29.1. The van der Waals surface area contributed by atoms with Crippen molar-refractivity contribution in [2.45, 2.75) is 18.9 Å². The maximum absolute atomic E-state index is 14.7. The number of aryl methyl sites for hydroxylation is 1. The van der Waals surface area contributed by atoms with Gasteiger partial charge in [0.2, 0.25) is 0 Å². The largest absolute Gasteiger partial charge is 0.494 e. The van der Waals surface area contributed by atoms with Crippen LogP contribution in [0.15, 0.2) is 47.7 Å². The van der Waals surface area contributed by atoms with Gasteiger partial charge in [-0.3, -0.25) is 14.3 Å². The van der Waals surface area contributed by atoms with E-state index in [1.807, 2.05) is 20.3 Å². The molecule has 2 aromatic heterocycles. The van der Waals surface area contributed by atoms with E-state index in [0.717, 1.165) is 19.4 Å². The van der Waals surface area contributed by atoms with Crippen LogP contribution in [0.25, 0.3) is 32.7 Å². The lowest BCUT2D eigenvalue weighted by atomic mass is 10.1. The lowest BCUT2D eigenvalue weighted by molar-refractivity contribution is 0.301. The lowest BCUT2D eigenvalue weighted by Gasteiger charge is -2.24. The summed E-state index contributed by atoms with van der Waals surface area (Å²) in [6.07, 6.45) is 5.29. The molecule has 0 spiro atoms. The smallest absolute Gasteiger partial charge is 0.264 e. The summed E-state index contributed by atoms with van der Waals surface area (Å²) in [7, 11) is 5.25. The number of rotatable bonds is 4. The summed E-state index contributed by atoms with van der Waals surface area (Å²) < 4.78 is 23.0. The molecule has 0 radical (unpaired) electrons. The quantitative estimate of drug-likeness (QED) is 0.428. The van der Waals surface area contributed by atoms with Crippen molar-refractivity contribution < 1.29 is 9.13 Å². The highest BCUT2D eigenvalue weighted by atomic mass is 19.1. The van der Waals surface area contributed by atoms with Gasteiger partial charge >= 0.3 is 0 Å². The van der Waals surface area contributed by atoms with Crippen LogP contribution in [0.4, 0.5) is 10.1 Å². The van der Waals surface area contributed by atoms with Crippen molar-refractivity contribution in [1.82, 2.24) is 24.0 Å². The fourth-order valence-electron chi connectivity index (χ4n) is 4.61. The first-order valence-corrected chi connectivity index (χ1v) is 10.9. The van der Waals surface area contributed by atoms with Crippen LogP contribution in [0.1, 0.15) is 24.7 Å². The van der Waals surface area contributed by atoms with E-state index in [0.29, 0.717) is 34.0 Å². The normalized spacial score (nSPS) is 16.1. The average Bonchev–Trinajstić information content (AvgIpc) is 3.46. The van der Waals surface area contributed by atoms with Crippen molar-refractivity contribution in [3.63, 3.8) is 0 Å². The van der Waals surface area contributed by atoms with E-state index in [4.69, 9.17) is 16.3 Å². The van der Waals surface area contributed by atoms with Gasteiger partial charge in [-0.1, -0.05) is 0 Å². The number of ether oxygens (including phenoxy) is 1. The second-order valence-electron chi connectivity index (χ2n) is 8.49. The fourth-order valence-corrected chi connectivity index (χ4v) is 4.61. The molecule has 0 amide bonds. The Morgan fingerprint density at radius 2 is 2.06 bits per heavy atom. The van der Waals surface area contributed by atoms with Gasteiger partial charge in [-0.2, -0.15) is 0 Å². The van der Waals surface area contributed by atoms with Gasteiger partial charge in [-0.15, -0.1) is 0 Å². The molecular weight excluding hydrogens is 435 g/mol. The number of fused-ring (bicyclic) bond motifs is 1. The Labute approximate surface area is 195 Å². The van der Waals surface area contributed by atoms with Gasteiger partial charge in [0.05, 0.1) is 48.3 Å². The number of aromatic nitrogens is 4. The predicted molar refractivity (Wildman–Crippen MR) is 127 cm³/mol. The van der Waals surface area contributed by atoms with Gasteiger partial charge < -0.3 is 9.30 Å². The van der Waals surface area contributed by atoms with E-state index in [1.54, 1.807) is 29.1 Å². The van der Waals surface area contributed by atoms with Crippen LogP contribution in [0, 0.1) is 12.4 Å². The van der Waals surface area contributed by atoms with Gasteiger partial charge in [0.1, 0.15) is 5.82 Å². The third kappa shape index (κ3) is 3.53. The van der Waals surface area contributed by atoms with Crippen LogP contribution in [0.2, 0.25) is 0 Å². The highest BCUT2D eigenvalue weighted by molar-refractivity contribution is 5.95. The van der Waals surface area contributed by atoms with Crippen molar-refractivity contribution in [3.8, 4) is 22.7 Å². The van der Waals surface area contributed by atoms with Crippen LogP contribution in [0.3, 0.4) is 0 Å². The number of hydrogen-bond acceptors (Lipinski definition) is 5. The molecule has 0 saturated carbocycles. The van der Waals surface area contributed by atoms with E-state index in [1.165, 1.54) is 23.8 Å². The molecule has 1 saturated heterocycles. The van der Waals surface area contributed by atoms with Crippen LogP contribution in [0.5, 0.6) is 5.75 Å². The molecule has 4 aromatic rings.